The summed E-state index contributed by atoms with van der Waals surface area (Å²) in [7, 11) is 0. The van der Waals surface area contributed by atoms with E-state index in [1.807, 2.05) is 26.1 Å². The zero-order valence-corrected chi connectivity index (χ0v) is 14.4. The molecule has 0 atom stereocenters. The van der Waals surface area contributed by atoms with Crippen LogP contribution in [0, 0.1) is 0 Å². The number of hydrogen-bond acceptors (Lipinski definition) is 6. The lowest BCUT2D eigenvalue weighted by Crippen LogP contribution is -2.30. The van der Waals surface area contributed by atoms with Gasteiger partial charge in [-0.05, 0) is 50.8 Å². The molecule has 3 heterocycles. The number of anilines is 2. The highest BCUT2D eigenvalue weighted by molar-refractivity contribution is 5.47. The van der Waals surface area contributed by atoms with Gasteiger partial charge in [0.05, 0.1) is 6.10 Å². The highest BCUT2D eigenvalue weighted by Crippen LogP contribution is 2.21. The first-order chi connectivity index (χ1) is 11.7. The van der Waals surface area contributed by atoms with Gasteiger partial charge in [0, 0.05) is 38.2 Å². The van der Waals surface area contributed by atoms with Crippen LogP contribution in [0.4, 0.5) is 11.6 Å². The van der Waals surface area contributed by atoms with Crippen LogP contribution >= 0.6 is 0 Å². The molecule has 6 nitrogen and oxygen atoms in total. The summed E-state index contributed by atoms with van der Waals surface area (Å²) in [5, 5.41) is 3.32. The largest absolute Gasteiger partial charge is 0.472 e. The van der Waals surface area contributed by atoms with Gasteiger partial charge in [0.2, 0.25) is 0 Å². The molecule has 3 rings (SSSR count). The van der Waals surface area contributed by atoms with Crippen LogP contribution in [0.1, 0.15) is 38.7 Å². The molecule has 0 amide bonds. The Labute approximate surface area is 143 Å². The highest BCUT2D eigenvalue weighted by atomic mass is 16.5. The second-order valence-corrected chi connectivity index (χ2v) is 6.30. The van der Waals surface area contributed by atoms with E-state index in [0.29, 0.717) is 18.2 Å². The molecule has 0 aliphatic carbocycles. The molecular weight excluding hydrogens is 302 g/mol. The maximum atomic E-state index is 5.70. The Morgan fingerprint density at radius 2 is 1.88 bits per heavy atom. The van der Waals surface area contributed by atoms with Crippen molar-refractivity contribution in [3.63, 3.8) is 0 Å². The third-order valence-electron chi connectivity index (χ3n) is 3.96. The van der Waals surface area contributed by atoms with E-state index in [2.05, 4.69) is 31.2 Å². The smallest absolute Gasteiger partial charge is 0.257 e. The van der Waals surface area contributed by atoms with E-state index in [4.69, 9.17) is 4.74 Å². The van der Waals surface area contributed by atoms with Crippen molar-refractivity contribution in [3.8, 4) is 5.88 Å². The Kier molecular flexibility index (Phi) is 5.46. The van der Waals surface area contributed by atoms with Crippen molar-refractivity contribution < 1.29 is 4.74 Å². The third-order valence-corrected chi connectivity index (χ3v) is 3.96. The summed E-state index contributed by atoms with van der Waals surface area (Å²) >= 11 is 0. The predicted molar refractivity (Wildman–Crippen MR) is 95.4 cm³/mol. The molecule has 0 aromatic carbocycles. The van der Waals surface area contributed by atoms with Crippen LogP contribution < -0.4 is 15.0 Å². The standard InChI is InChI=1S/C18H25N5O/c1-14(2)24-18-17(20-8-9-21-18)22-13-15-6-7-19-16(12-15)23-10-4-3-5-11-23/h6-9,12,14H,3-5,10-11,13H2,1-2H3,(H,20,22). The first kappa shape index (κ1) is 16.5. The number of nitrogens with zero attached hydrogens (tertiary/aromatic N) is 4. The number of aromatic nitrogens is 3. The van der Waals surface area contributed by atoms with Crippen LogP contribution in [-0.4, -0.2) is 34.1 Å². The Morgan fingerprint density at radius 1 is 1.08 bits per heavy atom. The molecule has 2 aromatic heterocycles. The maximum absolute atomic E-state index is 5.70. The quantitative estimate of drug-likeness (QED) is 0.878. The summed E-state index contributed by atoms with van der Waals surface area (Å²) in [6, 6.07) is 4.18. The molecule has 1 saturated heterocycles. The van der Waals surface area contributed by atoms with Gasteiger partial charge in [0.15, 0.2) is 5.82 Å². The molecule has 1 N–H and O–H groups in total. The Balaban J connectivity index is 1.66. The molecule has 0 saturated carbocycles. The molecular formula is C18H25N5O. The highest BCUT2D eigenvalue weighted by Gasteiger charge is 2.13. The van der Waals surface area contributed by atoms with Crippen molar-refractivity contribution in [2.75, 3.05) is 23.3 Å². The summed E-state index contributed by atoms with van der Waals surface area (Å²) in [5.74, 6) is 2.27. The minimum atomic E-state index is 0.0638. The van der Waals surface area contributed by atoms with Gasteiger partial charge in [0.1, 0.15) is 5.82 Å². The molecule has 128 valence electrons. The van der Waals surface area contributed by atoms with Crippen LogP contribution in [0.15, 0.2) is 30.7 Å². The Hall–Kier alpha value is -2.37. The number of hydrogen-bond donors (Lipinski definition) is 1. The molecule has 24 heavy (non-hydrogen) atoms. The average molecular weight is 327 g/mol. The van der Waals surface area contributed by atoms with Gasteiger partial charge in [-0.3, -0.25) is 0 Å². The minimum absolute atomic E-state index is 0.0638. The molecule has 1 aliphatic heterocycles. The van der Waals surface area contributed by atoms with Crippen LogP contribution in [0.2, 0.25) is 0 Å². The lowest BCUT2D eigenvalue weighted by molar-refractivity contribution is 0.233. The fourth-order valence-corrected chi connectivity index (χ4v) is 2.81. The molecule has 0 spiro atoms. The lowest BCUT2D eigenvalue weighted by Gasteiger charge is -2.28. The second-order valence-electron chi connectivity index (χ2n) is 6.30. The number of ether oxygens (including phenoxy) is 1. The topological polar surface area (TPSA) is 63.2 Å². The SMILES string of the molecule is CC(C)Oc1nccnc1NCc1ccnc(N2CCCCC2)c1. The van der Waals surface area contributed by atoms with E-state index in [1.165, 1.54) is 24.8 Å². The molecule has 2 aromatic rings. The van der Waals surface area contributed by atoms with E-state index < -0.39 is 0 Å². The Bertz CT molecular complexity index is 655. The fraction of sp³-hybridized carbons (Fsp3) is 0.500. The van der Waals surface area contributed by atoms with Crippen molar-refractivity contribution in [3.05, 3.63) is 36.3 Å². The summed E-state index contributed by atoms with van der Waals surface area (Å²) in [6.07, 6.45) is 9.07. The van der Waals surface area contributed by atoms with Crippen LogP contribution in [0.5, 0.6) is 5.88 Å². The van der Waals surface area contributed by atoms with Gasteiger partial charge in [-0.1, -0.05) is 0 Å². The number of rotatable bonds is 6. The van der Waals surface area contributed by atoms with Gasteiger partial charge in [-0.25, -0.2) is 15.0 Å². The van der Waals surface area contributed by atoms with Crippen molar-refractivity contribution in [1.29, 1.82) is 0 Å². The molecule has 6 heteroatoms. The molecule has 1 fully saturated rings. The van der Waals surface area contributed by atoms with Gasteiger partial charge in [0.25, 0.3) is 5.88 Å². The Morgan fingerprint density at radius 3 is 2.67 bits per heavy atom. The summed E-state index contributed by atoms with van der Waals surface area (Å²) < 4.78 is 5.70. The van der Waals surface area contributed by atoms with Crippen molar-refractivity contribution in [2.24, 2.45) is 0 Å². The van der Waals surface area contributed by atoms with Gasteiger partial charge in [-0.2, -0.15) is 0 Å². The number of pyridine rings is 1. The number of nitrogens with one attached hydrogen (secondary N) is 1. The van der Waals surface area contributed by atoms with Gasteiger partial charge in [-0.15, -0.1) is 0 Å². The summed E-state index contributed by atoms with van der Waals surface area (Å²) in [6.45, 7) is 6.82. The van der Waals surface area contributed by atoms with E-state index in [-0.39, 0.29) is 6.10 Å². The number of piperidine rings is 1. The maximum Gasteiger partial charge on any atom is 0.257 e. The average Bonchev–Trinajstić information content (AvgIpc) is 2.61. The first-order valence-corrected chi connectivity index (χ1v) is 8.64. The van der Waals surface area contributed by atoms with E-state index in [1.54, 1.807) is 12.4 Å². The zero-order chi connectivity index (χ0) is 16.8. The van der Waals surface area contributed by atoms with E-state index in [9.17, 15) is 0 Å². The van der Waals surface area contributed by atoms with E-state index >= 15 is 0 Å². The molecule has 0 unspecified atom stereocenters. The first-order valence-electron chi connectivity index (χ1n) is 8.64. The van der Waals surface area contributed by atoms with Crippen molar-refractivity contribution in [1.82, 2.24) is 15.0 Å². The lowest BCUT2D eigenvalue weighted by atomic mass is 10.1. The van der Waals surface area contributed by atoms with Crippen molar-refractivity contribution in [2.45, 2.75) is 45.8 Å². The van der Waals surface area contributed by atoms with Crippen LogP contribution in [0.3, 0.4) is 0 Å². The van der Waals surface area contributed by atoms with E-state index in [0.717, 1.165) is 18.9 Å². The normalized spacial score (nSPS) is 14.7. The van der Waals surface area contributed by atoms with Gasteiger partial charge >= 0.3 is 0 Å². The summed E-state index contributed by atoms with van der Waals surface area (Å²) in [5.41, 5.74) is 1.17. The predicted octanol–water partition coefficient (Wildman–Crippen LogP) is 3.26. The fourth-order valence-electron chi connectivity index (χ4n) is 2.81. The third kappa shape index (κ3) is 4.34. The van der Waals surface area contributed by atoms with Gasteiger partial charge < -0.3 is 15.0 Å². The molecule has 0 radical (unpaired) electrons. The molecule has 1 aliphatic rings. The van der Waals surface area contributed by atoms with Crippen LogP contribution in [-0.2, 0) is 6.54 Å². The minimum Gasteiger partial charge on any atom is -0.472 e. The second kappa shape index (κ2) is 7.95. The monoisotopic (exact) mass is 327 g/mol. The molecule has 0 bridgehead atoms. The van der Waals surface area contributed by atoms with Crippen molar-refractivity contribution >= 4 is 11.6 Å². The van der Waals surface area contributed by atoms with Crippen LogP contribution in [0.25, 0.3) is 0 Å². The zero-order valence-electron chi connectivity index (χ0n) is 14.4. The summed E-state index contributed by atoms with van der Waals surface area (Å²) in [4.78, 5) is 15.5.